The lowest BCUT2D eigenvalue weighted by Gasteiger charge is -2.12. The SMILES string of the molecule is CCCC(CBr)COCC1CC1. The van der Waals surface area contributed by atoms with Gasteiger partial charge in [-0.15, -0.1) is 0 Å². The first kappa shape index (κ1) is 10.5. The second-order valence-electron chi connectivity index (χ2n) is 3.79. The zero-order chi connectivity index (χ0) is 8.81. The molecule has 1 rings (SSSR count). The molecule has 0 amide bonds. The Morgan fingerprint density at radius 1 is 1.50 bits per heavy atom. The zero-order valence-electron chi connectivity index (χ0n) is 7.89. The van der Waals surface area contributed by atoms with Crippen LogP contribution in [-0.4, -0.2) is 18.5 Å². The highest BCUT2D eigenvalue weighted by Crippen LogP contribution is 2.29. The molecule has 1 aliphatic carbocycles. The van der Waals surface area contributed by atoms with Crippen LogP contribution in [0.1, 0.15) is 32.6 Å². The molecule has 0 spiro atoms. The van der Waals surface area contributed by atoms with E-state index in [1.807, 2.05) is 0 Å². The molecule has 1 nitrogen and oxygen atoms in total. The van der Waals surface area contributed by atoms with Crippen LogP contribution in [0.15, 0.2) is 0 Å². The molecular formula is C10H19BrO. The molecule has 0 bridgehead atoms. The van der Waals surface area contributed by atoms with Crippen LogP contribution in [0.5, 0.6) is 0 Å². The van der Waals surface area contributed by atoms with Crippen molar-refractivity contribution >= 4 is 15.9 Å². The van der Waals surface area contributed by atoms with Gasteiger partial charge < -0.3 is 4.74 Å². The van der Waals surface area contributed by atoms with Crippen molar-refractivity contribution in [2.75, 3.05) is 18.5 Å². The van der Waals surface area contributed by atoms with Crippen molar-refractivity contribution in [3.63, 3.8) is 0 Å². The lowest BCUT2D eigenvalue weighted by atomic mass is 10.1. The van der Waals surface area contributed by atoms with Gasteiger partial charge >= 0.3 is 0 Å². The maximum absolute atomic E-state index is 5.63. The Morgan fingerprint density at radius 2 is 2.25 bits per heavy atom. The number of hydrogen-bond donors (Lipinski definition) is 0. The van der Waals surface area contributed by atoms with Crippen molar-refractivity contribution in [2.24, 2.45) is 11.8 Å². The van der Waals surface area contributed by atoms with E-state index < -0.39 is 0 Å². The summed E-state index contributed by atoms with van der Waals surface area (Å²) in [5.74, 6) is 1.64. The molecule has 0 N–H and O–H groups in total. The third-order valence-electron chi connectivity index (χ3n) is 2.32. The maximum atomic E-state index is 5.63. The summed E-state index contributed by atoms with van der Waals surface area (Å²) in [6, 6.07) is 0. The number of hydrogen-bond acceptors (Lipinski definition) is 1. The molecule has 1 atom stereocenters. The van der Waals surface area contributed by atoms with Crippen LogP contribution in [0.4, 0.5) is 0 Å². The van der Waals surface area contributed by atoms with Gasteiger partial charge in [-0.25, -0.2) is 0 Å². The van der Waals surface area contributed by atoms with E-state index in [1.54, 1.807) is 0 Å². The third-order valence-corrected chi connectivity index (χ3v) is 3.23. The number of alkyl halides is 1. The molecule has 0 aliphatic heterocycles. The Labute approximate surface area is 84.0 Å². The zero-order valence-corrected chi connectivity index (χ0v) is 9.48. The average Bonchev–Trinajstić information content (AvgIpc) is 2.87. The van der Waals surface area contributed by atoms with Crippen LogP contribution in [0.2, 0.25) is 0 Å². The number of ether oxygens (including phenoxy) is 1. The van der Waals surface area contributed by atoms with Gasteiger partial charge in [-0.1, -0.05) is 29.3 Å². The van der Waals surface area contributed by atoms with Crippen molar-refractivity contribution in [3.05, 3.63) is 0 Å². The van der Waals surface area contributed by atoms with Gasteiger partial charge in [0.05, 0.1) is 6.61 Å². The Balaban J connectivity index is 1.93. The molecule has 0 heterocycles. The monoisotopic (exact) mass is 234 g/mol. The first-order valence-electron chi connectivity index (χ1n) is 5.00. The van der Waals surface area contributed by atoms with Crippen molar-refractivity contribution in [3.8, 4) is 0 Å². The minimum atomic E-state index is 0.730. The Bertz CT molecular complexity index is 112. The average molecular weight is 235 g/mol. The van der Waals surface area contributed by atoms with E-state index in [2.05, 4.69) is 22.9 Å². The minimum absolute atomic E-state index is 0.730. The van der Waals surface area contributed by atoms with Crippen LogP contribution < -0.4 is 0 Å². The Kier molecular flexibility index (Phi) is 5.24. The predicted molar refractivity (Wildman–Crippen MR) is 55.7 cm³/mol. The summed E-state index contributed by atoms with van der Waals surface area (Å²) in [4.78, 5) is 0. The highest BCUT2D eigenvalue weighted by molar-refractivity contribution is 9.09. The molecule has 1 aliphatic rings. The van der Waals surface area contributed by atoms with Gasteiger partial charge in [-0.2, -0.15) is 0 Å². The molecule has 0 aromatic rings. The lowest BCUT2D eigenvalue weighted by molar-refractivity contribution is 0.0952. The Hall–Kier alpha value is 0.440. The number of halogens is 1. The fourth-order valence-corrected chi connectivity index (χ4v) is 1.81. The lowest BCUT2D eigenvalue weighted by Crippen LogP contribution is -2.12. The predicted octanol–water partition coefficient (Wildman–Crippen LogP) is 3.22. The molecule has 0 aromatic carbocycles. The van der Waals surface area contributed by atoms with Gasteiger partial charge in [-0.05, 0) is 31.1 Å². The fourth-order valence-electron chi connectivity index (χ4n) is 1.30. The summed E-state index contributed by atoms with van der Waals surface area (Å²) >= 11 is 3.52. The van der Waals surface area contributed by atoms with Crippen LogP contribution >= 0.6 is 15.9 Å². The van der Waals surface area contributed by atoms with Crippen molar-refractivity contribution < 1.29 is 4.74 Å². The van der Waals surface area contributed by atoms with Gasteiger partial charge in [0, 0.05) is 11.9 Å². The first-order chi connectivity index (χ1) is 5.86. The van der Waals surface area contributed by atoms with Gasteiger partial charge in [0.25, 0.3) is 0 Å². The second kappa shape index (κ2) is 5.98. The van der Waals surface area contributed by atoms with Crippen molar-refractivity contribution in [1.82, 2.24) is 0 Å². The maximum Gasteiger partial charge on any atom is 0.0502 e. The first-order valence-corrected chi connectivity index (χ1v) is 6.12. The van der Waals surface area contributed by atoms with Crippen molar-refractivity contribution in [1.29, 1.82) is 0 Å². The quantitative estimate of drug-likeness (QED) is 0.615. The fraction of sp³-hybridized carbons (Fsp3) is 1.00. The molecule has 12 heavy (non-hydrogen) atoms. The largest absolute Gasteiger partial charge is 0.381 e. The van der Waals surface area contributed by atoms with Crippen LogP contribution in [0.25, 0.3) is 0 Å². The van der Waals surface area contributed by atoms with Crippen LogP contribution in [0.3, 0.4) is 0 Å². The van der Waals surface area contributed by atoms with E-state index in [0.717, 1.165) is 30.4 Å². The van der Waals surface area contributed by atoms with Crippen molar-refractivity contribution in [2.45, 2.75) is 32.6 Å². The molecule has 2 heteroatoms. The number of rotatable bonds is 7. The normalized spacial score (nSPS) is 19.5. The molecule has 1 saturated carbocycles. The second-order valence-corrected chi connectivity index (χ2v) is 4.44. The third kappa shape index (κ3) is 4.46. The molecule has 1 fully saturated rings. The topological polar surface area (TPSA) is 9.23 Å². The summed E-state index contributed by atoms with van der Waals surface area (Å²) in [6.45, 7) is 4.19. The van der Waals surface area contributed by atoms with E-state index in [4.69, 9.17) is 4.74 Å². The van der Waals surface area contributed by atoms with E-state index in [0.29, 0.717) is 0 Å². The standard InChI is InChI=1S/C10H19BrO/c1-2-3-10(6-11)8-12-7-9-4-5-9/h9-10H,2-8H2,1H3. The summed E-state index contributed by atoms with van der Waals surface area (Å²) in [6.07, 6.45) is 5.35. The molecule has 1 unspecified atom stereocenters. The Morgan fingerprint density at radius 3 is 2.75 bits per heavy atom. The van der Waals surface area contributed by atoms with E-state index in [1.165, 1.54) is 25.7 Å². The highest BCUT2D eigenvalue weighted by Gasteiger charge is 2.21. The molecule has 0 radical (unpaired) electrons. The summed E-state index contributed by atoms with van der Waals surface area (Å²) in [7, 11) is 0. The van der Waals surface area contributed by atoms with E-state index in [9.17, 15) is 0 Å². The van der Waals surface area contributed by atoms with E-state index in [-0.39, 0.29) is 0 Å². The molecule has 0 saturated heterocycles. The van der Waals surface area contributed by atoms with Gasteiger partial charge in [0.1, 0.15) is 0 Å². The summed E-state index contributed by atoms with van der Waals surface area (Å²) in [5.41, 5.74) is 0. The summed E-state index contributed by atoms with van der Waals surface area (Å²) in [5, 5.41) is 1.09. The smallest absolute Gasteiger partial charge is 0.0502 e. The molecular weight excluding hydrogens is 216 g/mol. The highest BCUT2D eigenvalue weighted by atomic mass is 79.9. The summed E-state index contributed by atoms with van der Waals surface area (Å²) < 4.78 is 5.63. The molecule has 0 aromatic heterocycles. The molecule has 72 valence electrons. The van der Waals surface area contributed by atoms with Gasteiger partial charge in [0.2, 0.25) is 0 Å². The van der Waals surface area contributed by atoms with Crippen LogP contribution in [0, 0.1) is 11.8 Å². The minimum Gasteiger partial charge on any atom is -0.381 e. The van der Waals surface area contributed by atoms with Crippen LogP contribution in [-0.2, 0) is 4.74 Å². The van der Waals surface area contributed by atoms with Gasteiger partial charge in [0.15, 0.2) is 0 Å². The van der Waals surface area contributed by atoms with E-state index >= 15 is 0 Å². The van der Waals surface area contributed by atoms with Gasteiger partial charge in [-0.3, -0.25) is 0 Å².